The van der Waals surface area contributed by atoms with E-state index < -0.39 is 0 Å². The van der Waals surface area contributed by atoms with Crippen molar-refractivity contribution in [2.24, 2.45) is 0 Å². The summed E-state index contributed by atoms with van der Waals surface area (Å²) >= 11 is 0. The molecule has 3 aromatic rings. The highest BCUT2D eigenvalue weighted by molar-refractivity contribution is 5.79. The van der Waals surface area contributed by atoms with Gasteiger partial charge in [0, 0.05) is 11.1 Å². The van der Waals surface area contributed by atoms with Crippen LogP contribution >= 0.6 is 0 Å². The molecule has 6 nitrogen and oxygen atoms in total. The van der Waals surface area contributed by atoms with E-state index in [-0.39, 0.29) is 0 Å². The molecule has 0 fully saturated rings. The SMILES string of the molecule is COc1ccc(-c2cc(-c3ccc(OC)c(OC)c3)c(C#N)c(N)[nH+]2)cc1. The fourth-order valence-corrected chi connectivity index (χ4v) is 2.88. The summed E-state index contributed by atoms with van der Waals surface area (Å²) < 4.78 is 15.9. The van der Waals surface area contributed by atoms with E-state index in [1.165, 1.54) is 0 Å². The monoisotopic (exact) mass is 362 g/mol. The summed E-state index contributed by atoms with van der Waals surface area (Å²) in [6, 6.07) is 17.2. The number of hydrogen-bond donors (Lipinski definition) is 1. The molecule has 2 aromatic carbocycles. The predicted octanol–water partition coefficient (Wildman–Crippen LogP) is 3.31. The van der Waals surface area contributed by atoms with Gasteiger partial charge in [-0.25, -0.2) is 4.98 Å². The normalized spacial score (nSPS) is 10.1. The molecule has 0 aliphatic carbocycles. The Labute approximate surface area is 157 Å². The second-order valence-corrected chi connectivity index (χ2v) is 5.80. The Morgan fingerprint density at radius 3 is 2.11 bits per heavy atom. The quantitative estimate of drug-likeness (QED) is 0.752. The maximum absolute atomic E-state index is 9.60. The summed E-state index contributed by atoms with van der Waals surface area (Å²) in [5, 5.41) is 9.60. The van der Waals surface area contributed by atoms with Gasteiger partial charge in [0.2, 0.25) is 0 Å². The smallest absolute Gasteiger partial charge is 0.289 e. The molecular formula is C21H20N3O3+. The third kappa shape index (κ3) is 3.48. The van der Waals surface area contributed by atoms with Crippen molar-refractivity contribution in [2.45, 2.75) is 0 Å². The zero-order valence-corrected chi connectivity index (χ0v) is 15.4. The van der Waals surface area contributed by atoms with Crippen LogP contribution in [0.1, 0.15) is 5.56 Å². The number of hydrogen-bond acceptors (Lipinski definition) is 5. The minimum absolute atomic E-state index is 0.301. The largest absolute Gasteiger partial charge is 0.497 e. The number of nitrogens with two attached hydrogens (primary N) is 1. The number of H-pyrrole nitrogens is 1. The van der Waals surface area contributed by atoms with Gasteiger partial charge in [-0.15, -0.1) is 0 Å². The van der Waals surface area contributed by atoms with Crippen LogP contribution in [0, 0.1) is 11.3 Å². The molecule has 0 atom stereocenters. The first-order chi connectivity index (χ1) is 13.1. The van der Waals surface area contributed by atoms with E-state index in [1.807, 2.05) is 42.5 Å². The zero-order valence-electron chi connectivity index (χ0n) is 15.4. The van der Waals surface area contributed by atoms with Gasteiger partial charge in [-0.2, -0.15) is 5.26 Å². The van der Waals surface area contributed by atoms with Gasteiger partial charge in [-0.1, -0.05) is 6.07 Å². The van der Waals surface area contributed by atoms with E-state index in [4.69, 9.17) is 19.9 Å². The van der Waals surface area contributed by atoms with Crippen LogP contribution in [-0.4, -0.2) is 21.3 Å². The molecule has 0 unspecified atom stereocenters. The number of benzene rings is 2. The maximum atomic E-state index is 9.60. The number of anilines is 1. The number of methoxy groups -OCH3 is 3. The van der Waals surface area contributed by atoms with Gasteiger partial charge < -0.3 is 14.2 Å². The number of pyridine rings is 1. The van der Waals surface area contributed by atoms with Crippen LogP contribution in [0.5, 0.6) is 17.2 Å². The van der Waals surface area contributed by atoms with E-state index in [1.54, 1.807) is 27.4 Å². The average Bonchev–Trinajstić information content (AvgIpc) is 2.72. The van der Waals surface area contributed by atoms with Gasteiger partial charge in [-0.3, -0.25) is 5.73 Å². The number of nitriles is 1. The molecule has 3 N–H and O–H groups in total. The maximum Gasteiger partial charge on any atom is 0.289 e. The molecule has 0 saturated heterocycles. The number of ether oxygens (including phenoxy) is 3. The second kappa shape index (κ2) is 7.67. The van der Waals surface area contributed by atoms with Crippen LogP contribution in [0.4, 0.5) is 5.82 Å². The van der Waals surface area contributed by atoms with Crippen LogP contribution in [-0.2, 0) is 0 Å². The molecular weight excluding hydrogens is 342 g/mol. The van der Waals surface area contributed by atoms with Crippen molar-refractivity contribution in [3.05, 3.63) is 54.1 Å². The van der Waals surface area contributed by atoms with Crippen molar-refractivity contribution in [2.75, 3.05) is 27.1 Å². The van der Waals surface area contributed by atoms with Crippen molar-refractivity contribution in [3.63, 3.8) is 0 Å². The number of rotatable bonds is 5. The molecule has 6 heteroatoms. The Morgan fingerprint density at radius 2 is 1.52 bits per heavy atom. The summed E-state index contributed by atoms with van der Waals surface area (Å²) in [6.45, 7) is 0. The zero-order chi connectivity index (χ0) is 19.4. The van der Waals surface area contributed by atoms with Crippen molar-refractivity contribution < 1.29 is 19.2 Å². The van der Waals surface area contributed by atoms with Crippen molar-refractivity contribution in [3.8, 4) is 45.7 Å². The van der Waals surface area contributed by atoms with E-state index in [0.29, 0.717) is 28.4 Å². The van der Waals surface area contributed by atoms with Crippen molar-refractivity contribution in [1.82, 2.24) is 0 Å². The number of aromatic amines is 1. The lowest BCUT2D eigenvalue weighted by Gasteiger charge is -2.11. The highest BCUT2D eigenvalue weighted by atomic mass is 16.5. The van der Waals surface area contributed by atoms with Crippen LogP contribution in [0.2, 0.25) is 0 Å². The van der Waals surface area contributed by atoms with E-state index in [9.17, 15) is 5.26 Å². The fourth-order valence-electron chi connectivity index (χ4n) is 2.88. The first-order valence-electron chi connectivity index (χ1n) is 8.24. The first kappa shape index (κ1) is 18.1. The van der Waals surface area contributed by atoms with Crippen molar-refractivity contribution in [1.29, 1.82) is 5.26 Å². The number of aromatic nitrogens is 1. The molecule has 27 heavy (non-hydrogen) atoms. The Morgan fingerprint density at radius 1 is 0.852 bits per heavy atom. The molecule has 0 amide bonds. The fraction of sp³-hybridized carbons (Fsp3) is 0.143. The van der Waals surface area contributed by atoms with E-state index in [2.05, 4.69) is 11.1 Å². The van der Waals surface area contributed by atoms with Gasteiger partial charge in [0.15, 0.2) is 11.5 Å². The first-order valence-corrected chi connectivity index (χ1v) is 8.24. The predicted molar refractivity (Wildman–Crippen MR) is 103 cm³/mol. The summed E-state index contributed by atoms with van der Waals surface area (Å²) in [5.41, 5.74) is 9.74. The van der Waals surface area contributed by atoms with Gasteiger partial charge in [0.25, 0.3) is 5.82 Å². The average molecular weight is 362 g/mol. The van der Waals surface area contributed by atoms with Crippen LogP contribution in [0.15, 0.2) is 48.5 Å². The highest BCUT2D eigenvalue weighted by Gasteiger charge is 2.18. The second-order valence-electron chi connectivity index (χ2n) is 5.80. The minimum Gasteiger partial charge on any atom is -0.497 e. The summed E-state index contributed by atoms with van der Waals surface area (Å²) in [5.74, 6) is 2.26. The number of nitrogens with one attached hydrogen (secondary N) is 1. The van der Waals surface area contributed by atoms with E-state index in [0.717, 1.165) is 22.6 Å². The molecule has 0 aliphatic rings. The van der Waals surface area contributed by atoms with E-state index >= 15 is 0 Å². The minimum atomic E-state index is 0.301. The molecule has 0 spiro atoms. The van der Waals surface area contributed by atoms with Gasteiger partial charge in [0.05, 0.1) is 21.3 Å². The third-order valence-electron chi connectivity index (χ3n) is 4.30. The molecule has 0 aliphatic heterocycles. The highest BCUT2D eigenvalue weighted by Crippen LogP contribution is 2.35. The number of nitrogens with zero attached hydrogens (tertiary/aromatic N) is 1. The third-order valence-corrected chi connectivity index (χ3v) is 4.30. The van der Waals surface area contributed by atoms with Crippen LogP contribution in [0.3, 0.4) is 0 Å². The van der Waals surface area contributed by atoms with Gasteiger partial charge >= 0.3 is 0 Å². The molecule has 1 heterocycles. The van der Waals surface area contributed by atoms with Gasteiger partial charge in [0.1, 0.15) is 23.1 Å². The summed E-state index contributed by atoms with van der Waals surface area (Å²) in [4.78, 5) is 3.10. The molecule has 136 valence electrons. The molecule has 3 rings (SSSR count). The standard InChI is InChI=1S/C21H19N3O3/c1-25-15-7-4-13(5-8-15)18-11-16(17(12-22)21(23)24-18)14-6-9-19(26-2)20(10-14)27-3/h4-11H,1-3H3,(H2,23,24)/p+1. The molecule has 0 radical (unpaired) electrons. The van der Waals surface area contributed by atoms with Crippen molar-refractivity contribution >= 4 is 5.82 Å². The lowest BCUT2D eigenvalue weighted by Crippen LogP contribution is -2.16. The Hall–Kier alpha value is -3.72. The Bertz CT molecular complexity index is 1010. The molecule has 0 bridgehead atoms. The molecule has 0 saturated carbocycles. The van der Waals surface area contributed by atoms with Gasteiger partial charge in [-0.05, 0) is 48.0 Å². The molecule has 1 aromatic heterocycles. The Balaban J connectivity index is 2.17. The lowest BCUT2D eigenvalue weighted by atomic mass is 9.98. The van der Waals surface area contributed by atoms with Crippen LogP contribution < -0.4 is 24.9 Å². The topological polar surface area (TPSA) is 91.6 Å². The summed E-state index contributed by atoms with van der Waals surface area (Å²) in [6.07, 6.45) is 0. The lowest BCUT2D eigenvalue weighted by molar-refractivity contribution is -0.346. The Kier molecular flexibility index (Phi) is 5.13. The number of nitrogen functional groups attached to an aromatic ring is 1. The van der Waals surface area contributed by atoms with Crippen LogP contribution in [0.25, 0.3) is 22.4 Å². The summed E-state index contributed by atoms with van der Waals surface area (Å²) in [7, 11) is 4.77.